The molecule has 4 nitrogen and oxygen atoms in total. The summed E-state index contributed by atoms with van der Waals surface area (Å²) in [5, 5.41) is 19.9. The van der Waals surface area contributed by atoms with Crippen molar-refractivity contribution in [2.75, 3.05) is 7.11 Å². The molecule has 0 atom stereocenters. The summed E-state index contributed by atoms with van der Waals surface area (Å²) in [4.78, 5) is 11.4. The number of hydrogen-bond donors (Lipinski definition) is 2. The lowest BCUT2D eigenvalue weighted by Gasteiger charge is -2.07. The second-order valence-electron chi connectivity index (χ2n) is 5.98. The number of ether oxygens (including phenoxy) is 1. The van der Waals surface area contributed by atoms with Crippen LogP contribution in [0, 0.1) is 0 Å². The van der Waals surface area contributed by atoms with Crippen molar-refractivity contribution in [3.05, 3.63) is 70.3 Å². The van der Waals surface area contributed by atoms with Crippen LogP contribution < -0.4 is 0 Å². The van der Waals surface area contributed by atoms with Gasteiger partial charge in [-0.15, -0.1) is 0 Å². The van der Waals surface area contributed by atoms with Crippen LogP contribution >= 0.6 is 0 Å². The quantitative estimate of drug-likeness (QED) is 0.363. The number of hydrogen-bond acceptors (Lipinski definition) is 4. The molecule has 0 bridgehead atoms. The van der Waals surface area contributed by atoms with E-state index in [1.54, 1.807) is 12.1 Å². The summed E-state index contributed by atoms with van der Waals surface area (Å²) in [6.45, 7) is 3.97. The topological polar surface area (TPSA) is 66.8 Å². The van der Waals surface area contributed by atoms with Gasteiger partial charge in [-0.2, -0.15) is 0 Å². The van der Waals surface area contributed by atoms with Crippen LogP contribution in [-0.4, -0.2) is 23.3 Å². The molecule has 0 aliphatic rings. The highest BCUT2D eigenvalue weighted by Gasteiger charge is 2.07. The van der Waals surface area contributed by atoms with E-state index in [4.69, 9.17) is 0 Å². The number of carbonyl (C=O) groups is 1. The van der Waals surface area contributed by atoms with Gasteiger partial charge in [0, 0.05) is 5.56 Å². The number of phenols is 2. The third-order valence-corrected chi connectivity index (χ3v) is 3.72. The van der Waals surface area contributed by atoms with Crippen LogP contribution in [0.2, 0.25) is 0 Å². The zero-order valence-corrected chi connectivity index (χ0v) is 14.6. The van der Waals surface area contributed by atoms with Crippen LogP contribution in [0.3, 0.4) is 0 Å². The maximum Gasteiger partial charge on any atom is 0.337 e. The Bertz CT molecular complexity index is 811. The van der Waals surface area contributed by atoms with Crippen LogP contribution in [0.5, 0.6) is 11.5 Å². The molecule has 4 heteroatoms. The molecule has 0 unspecified atom stereocenters. The van der Waals surface area contributed by atoms with Crippen molar-refractivity contribution in [2.24, 2.45) is 0 Å². The summed E-state index contributed by atoms with van der Waals surface area (Å²) in [5.74, 6) is -0.597. The molecule has 0 saturated heterocycles. The molecule has 0 aliphatic heterocycles. The lowest BCUT2D eigenvalue weighted by Crippen LogP contribution is -2.00. The first kappa shape index (κ1) is 18.3. The van der Waals surface area contributed by atoms with Crippen molar-refractivity contribution in [1.82, 2.24) is 0 Å². The van der Waals surface area contributed by atoms with Gasteiger partial charge >= 0.3 is 5.97 Å². The predicted molar refractivity (Wildman–Crippen MR) is 99.6 cm³/mol. The molecule has 2 rings (SSSR count). The number of allylic oxidation sites excluding steroid dienone is 2. The summed E-state index contributed by atoms with van der Waals surface area (Å²) >= 11 is 0. The van der Waals surface area contributed by atoms with E-state index in [2.05, 4.69) is 4.74 Å². The van der Waals surface area contributed by atoms with Crippen LogP contribution in [0.15, 0.2) is 48.0 Å². The minimum absolute atomic E-state index is 0.0860. The van der Waals surface area contributed by atoms with E-state index in [9.17, 15) is 15.0 Å². The van der Waals surface area contributed by atoms with Gasteiger partial charge in [-0.05, 0) is 55.7 Å². The molecule has 0 heterocycles. The third kappa shape index (κ3) is 4.98. The van der Waals surface area contributed by atoms with E-state index < -0.39 is 0 Å². The first-order chi connectivity index (χ1) is 11.9. The number of benzene rings is 2. The van der Waals surface area contributed by atoms with Crippen LogP contribution in [0.1, 0.15) is 40.9 Å². The SMILES string of the molecule is COC(=O)c1ccc(C=Cc2cc(O)c(O)c(CC=C(C)C)c2)cc1. The average Bonchev–Trinajstić information content (AvgIpc) is 2.61. The van der Waals surface area contributed by atoms with Gasteiger partial charge in [-0.1, -0.05) is 35.9 Å². The number of esters is 1. The molecule has 0 radical (unpaired) electrons. The van der Waals surface area contributed by atoms with E-state index in [1.807, 2.05) is 50.3 Å². The monoisotopic (exact) mass is 338 g/mol. The number of aromatic hydroxyl groups is 2. The zero-order chi connectivity index (χ0) is 18.4. The normalized spacial score (nSPS) is 10.7. The van der Waals surface area contributed by atoms with Gasteiger partial charge in [0.2, 0.25) is 0 Å². The molecular weight excluding hydrogens is 316 g/mol. The minimum atomic E-state index is -0.372. The highest BCUT2D eigenvalue weighted by molar-refractivity contribution is 5.89. The minimum Gasteiger partial charge on any atom is -0.504 e. The summed E-state index contributed by atoms with van der Waals surface area (Å²) in [7, 11) is 1.35. The molecule has 0 amide bonds. The molecule has 0 aromatic heterocycles. The Kier molecular flexibility index (Phi) is 6.01. The average molecular weight is 338 g/mol. The fourth-order valence-electron chi connectivity index (χ4n) is 2.31. The number of phenolic OH excluding ortho intramolecular Hbond substituents is 2. The largest absolute Gasteiger partial charge is 0.504 e. The lowest BCUT2D eigenvalue weighted by molar-refractivity contribution is 0.0600. The standard InChI is InChI=1S/C21H22O4/c1-14(2)4-9-18-12-16(13-19(22)20(18)23)6-5-15-7-10-17(11-8-15)21(24)25-3/h4-8,10-13,22-23H,9H2,1-3H3. The van der Waals surface area contributed by atoms with Gasteiger partial charge in [0.05, 0.1) is 12.7 Å². The van der Waals surface area contributed by atoms with Crippen molar-refractivity contribution in [2.45, 2.75) is 20.3 Å². The van der Waals surface area contributed by atoms with Gasteiger partial charge in [-0.3, -0.25) is 0 Å². The Morgan fingerprint density at radius 3 is 2.28 bits per heavy atom. The Labute approximate surface area is 147 Å². The predicted octanol–water partition coefficient (Wildman–Crippen LogP) is 4.56. The summed E-state index contributed by atoms with van der Waals surface area (Å²) < 4.78 is 4.67. The first-order valence-corrected chi connectivity index (χ1v) is 7.95. The van der Waals surface area contributed by atoms with Gasteiger partial charge in [0.1, 0.15) is 0 Å². The maximum atomic E-state index is 11.4. The molecule has 0 spiro atoms. The van der Waals surface area contributed by atoms with Gasteiger partial charge in [-0.25, -0.2) is 4.79 Å². The highest BCUT2D eigenvalue weighted by Crippen LogP contribution is 2.32. The third-order valence-electron chi connectivity index (χ3n) is 3.72. The fraction of sp³-hybridized carbons (Fsp3) is 0.190. The summed E-state index contributed by atoms with van der Waals surface area (Å²) in [6, 6.07) is 10.4. The van der Waals surface area contributed by atoms with Crippen molar-refractivity contribution in [3.8, 4) is 11.5 Å². The van der Waals surface area contributed by atoms with E-state index in [0.29, 0.717) is 17.5 Å². The van der Waals surface area contributed by atoms with E-state index in [1.165, 1.54) is 13.2 Å². The van der Waals surface area contributed by atoms with Gasteiger partial charge in [0.15, 0.2) is 11.5 Å². The number of methoxy groups -OCH3 is 1. The van der Waals surface area contributed by atoms with Gasteiger partial charge in [0.25, 0.3) is 0 Å². The second kappa shape index (κ2) is 8.20. The van der Waals surface area contributed by atoms with E-state index in [-0.39, 0.29) is 17.5 Å². The lowest BCUT2D eigenvalue weighted by atomic mass is 10.0. The molecule has 2 aromatic rings. The molecule has 130 valence electrons. The molecule has 0 fully saturated rings. The first-order valence-electron chi connectivity index (χ1n) is 7.95. The zero-order valence-electron chi connectivity index (χ0n) is 14.6. The van der Waals surface area contributed by atoms with Crippen LogP contribution in [-0.2, 0) is 11.2 Å². The van der Waals surface area contributed by atoms with Crippen molar-refractivity contribution < 1.29 is 19.7 Å². The fourth-order valence-corrected chi connectivity index (χ4v) is 2.31. The second-order valence-corrected chi connectivity index (χ2v) is 5.98. The molecule has 2 aromatic carbocycles. The van der Waals surface area contributed by atoms with Gasteiger partial charge < -0.3 is 14.9 Å². The molecular formula is C21H22O4. The van der Waals surface area contributed by atoms with Crippen molar-refractivity contribution in [3.63, 3.8) is 0 Å². The highest BCUT2D eigenvalue weighted by atomic mass is 16.5. The van der Waals surface area contributed by atoms with Crippen molar-refractivity contribution in [1.29, 1.82) is 0 Å². The smallest absolute Gasteiger partial charge is 0.337 e. The van der Waals surface area contributed by atoms with E-state index >= 15 is 0 Å². The number of rotatable bonds is 5. The van der Waals surface area contributed by atoms with Crippen LogP contribution in [0.4, 0.5) is 0 Å². The molecule has 0 saturated carbocycles. The Hall–Kier alpha value is -3.01. The van der Waals surface area contributed by atoms with Crippen LogP contribution in [0.25, 0.3) is 12.2 Å². The summed E-state index contributed by atoms with van der Waals surface area (Å²) in [5.41, 5.74) is 3.99. The number of carbonyl (C=O) groups excluding carboxylic acids is 1. The Morgan fingerprint density at radius 1 is 1.04 bits per heavy atom. The maximum absolute atomic E-state index is 11.4. The Balaban J connectivity index is 2.23. The molecule has 0 aliphatic carbocycles. The molecule has 25 heavy (non-hydrogen) atoms. The van der Waals surface area contributed by atoms with E-state index in [0.717, 1.165) is 16.7 Å². The molecule has 2 N–H and O–H groups in total. The Morgan fingerprint density at radius 2 is 1.68 bits per heavy atom. The van der Waals surface area contributed by atoms with Crippen molar-refractivity contribution >= 4 is 18.1 Å². The summed E-state index contributed by atoms with van der Waals surface area (Å²) in [6.07, 6.45) is 6.26.